The van der Waals surface area contributed by atoms with E-state index >= 15 is 0 Å². The third-order valence-electron chi connectivity index (χ3n) is 2.58. The fraction of sp³-hybridized carbons (Fsp3) is 0.462. The highest BCUT2D eigenvalue weighted by Crippen LogP contribution is 2.04. The van der Waals surface area contributed by atoms with Gasteiger partial charge in [0.15, 0.2) is 0 Å². The summed E-state index contributed by atoms with van der Waals surface area (Å²) in [5.74, 6) is 0.738. The molecule has 92 valence electrons. The highest BCUT2D eigenvalue weighted by atomic mass is 32.2. The predicted octanol–water partition coefficient (Wildman–Crippen LogP) is 1.80. The summed E-state index contributed by atoms with van der Waals surface area (Å²) >= 11 is 0. The molecule has 0 heterocycles. The minimum atomic E-state index is -0.715. The van der Waals surface area contributed by atoms with Gasteiger partial charge in [0.2, 0.25) is 0 Å². The Balaban J connectivity index is 2.34. The normalized spacial score (nSPS) is 13.9. The van der Waals surface area contributed by atoms with Gasteiger partial charge in [0.1, 0.15) is 0 Å². The van der Waals surface area contributed by atoms with E-state index in [1.807, 2.05) is 24.3 Å². The summed E-state index contributed by atoms with van der Waals surface area (Å²) in [4.78, 5) is 0. The first-order valence-corrected chi connectivity index (χ1v) is 7.37. The van der Waals surface area contributed by atoms with Gasteiger partial charge in [-0.3, -0.25) is 4.21 Å². The molecule has 1 aromatic carbocycles. The molecular formula is C13H18N2OS. The summed E-state index contributed by atoms with van der Waals surface area (Å²) in [5, 5.41) is 12.0. The second-order valence-electron chi connectivity index (χ2n) is 4.16. The second-order valence-corrected chi connectivity index (χ2v) is 5.71. The van der Waals surface area contributed by atoms with Crippen molar-refractivity contribution in [3.8, 4) is 6.07 Å². The maximum Gasteiger partial charge on any atom is 0.0991 e. The number of hydrogen-bond acceptors (Lipinski definition) is 3. The van der Waals surface area contributed by atoms with Crippen LogP contribution >= 0.6 is 0 Å². The summed E-state index contributed by atoms with van der Waals surface area (Å²) in [7, 11) is -0.715. The van der Waals surface area contributed by atoms with Crippen molar-refractivity contribution in [2.75, 3.05) is 12.0 Å². The molecule has 0 amide bonds. The number of nitrogens with one attached hydrogen (secondary N) is 1. The van der Waals surface area contributed by atoms with Gasteiger partial charge in [-0.15, -0.1) is 0 Å². The molecule has 0 aliphatic heterocycles. The van der Waals surface area contributed by atoms with E-state index in [1.165, 1.54) is 0 Å². The van der Waals surface area contributed by atoms with E-state index in [1.54, 1.807) is 6.26 Å². The molecule has 0 aliphatic carbocycles. The van der Waals surface area contributed by atoms with E-state index < -0.39 is 10.8 Å². The minimum absolute atomic E-state index is 0.356. The van der Waals surface area contributed by atoms with Crippen molar-refractivity contribution >= 4 is 10.8 Å². The molecule has 0 spiro atoms. The molecule has 0 saturated heterocycles. The average Bonchev–Trinajstić information content (AvgIpc) is 2.34. The lowest BCUT2D eigenvalue weighted by molar-refractivity contribution is 0.535. The van der Waals surface area contributed by atoms with Gasteiger partial charge in [0, 0.05) is 35.4 Å². The Morgan fingerprint density at radius 2 is 2.06 bits per heavy atom. The molecule has 1 rings (SSSR count). The largest absolute Gasteiger partial charge is 0.310 e. The quantitative estimate of drug-likeness (QED) is 0.837. The molecule has 17 heavy (non-hydrogen) atoms. The molecule has 2 unspecified atom stereocenters. The zero-order valence-electron chi connectivity index (χ0n) is 10.3. The van der Waals surface area contributed by atoms with Crippen molar-refractivity contribution in [1.29, 1.82) is 5.26 Å². The molecule has 0 saturated carbocycles. The summed E-state index contributed by atoms with van der Waals surface area (Å²) in [6.45, 7) is 2.87. The Morgan fingerprint density at radius 1 is 1.41 bits per heavy atom. The van der Waals surface area contributed by atoms with Gasteiger partial charge >= 0.3 is 0 Å². The van der Waals surface area contributed by atoms with Crippen molar-refractivity contribution in [3.63, 3.8) is 0 Å². The highest BCUT2D eigenvalue weighted by molar-refractivity contribution is 7.84. The van der Waals surface area contributed by atoms with Gasteiger partial charge in [-0.2, -0.15) is 5.26 Å². The zero-order chi connectivity index (χ0) is 12.7. The van der Waals surface area contributed by atoms with Gasteiger partial charge < -0.3 is 5.32 Å². The second kappa shape index (κ2) is 7.21. The van der Waals surface area contributed by atoms with Crippen LogP contribution in [0.2, 0.25) is 0 Å². The van der Waals surface area contributed by atoms with Gasteiger partial charge in [0.25, 0.3) is 0 Å². The maximum atomic E-state index is 10.9. The van der Waals surface area contributed by atoms with Crippen LogP contribution in [0.15, 0.2) is 24.3 Å². The van der Waals surface area contributed by atoms with Crippen LogP contribution in [0.25, 0.3) is 0 Å². The van der Waals surface area contributed by atoms with Crippen LogP contribution in [0, 0.1) is 11.3 Å². The topological polar surface area (TPSA) is 52.9 Å². The van der Waals surface area contributed by atoms with Crippen LogP contribution in [0.1, 0.15) is 24.5 Å². The number of benzene rings is 1. The first-order valence-electron chi connectivity index (χ1n) is 5.64. The van der Waals surface area contributed by atoms with Gasteiger partial charge in [-0.1, -0.05) is 12.1 Å². The van der Waals surface area contributed by atoms with Crippen molar-refractivity contribution in [1.82, 2.24) is 5.32 Å². The SMILES string of the molecule is CC(CCS(C)=O)NCc1ccc(C#N)cc1. The van der Waals surface area contributed by atoms with Crippen LogP contribution in [0.5, 0.6) is 0 Å². The average molecular weight is 250 g/mol. The molecule has 1 aromatic rings. The van der Waals surface area contributed by atoms with E-state index in [4.69, 9.17) is 5.26 Å². The Kier molecular flexibility index (Phi) is 5.88. The molecule has 0 bridgehead atoms. The van der Waals surface area contributed by atoms with E-state index in [-0.39, 0.29) is 0 Å². The summed E-state index contributed by atoms with van der Waals surface area (Å²) in [6.07, 6.45) is 2.65. The van der Waals surface area contributed by atoms with Crippen LogP contribution < -0.4 is 5.32 Å². The Morgan fingerprint density at radius 3 is 2.59 bits per heavy atom. The Labute approximate surface area is 105 Å². The first-order chi connectivity index (χ1) is 8.11. The Hall–Kier alpha value is -1.18. The number of nitrogens with zero attached hydrogens (tertiary/aromatic N) is 1. The third-order valence-corrected chi connectivity index (χ3v) is 3.39. The zero-order valence-corrected chi connectivity index (χ0v) is 11.1. The highest BCUT2D eigenvalue weighted by Gasteiger charge is 2.02. The van der Waals surface area contributed by atoms with Crippen molar-refractivity contribution in [3.05, 3.63) is 35.4 Å². The van der Waals surface area contributed by atoms with Crippen LogP contribution in [-0.2, 0) is 17.3 Å². The molecular weight excluding hydrogens is 232 g/mol. The van der Waals surface area contributed by atoms with E-state index in [9.17, 15) is 4.21 Å². The van der Waals surface area contributed by atoms with Crippen LogP contribution in [-0.4, -0.2) is 22.3 Å². The molecule has 0 fully saturated rings. The van der Waals surface area contributed by atoms with Crippen molar-refractivity contribution in [2.45, 2.75) is 25.9 Å². The number of hydrogen-bond donors (Lipinski definition) is 1. The van der Waals surface area contributed by atoms with Gasteiger partial charge in [-0.05, 0) is 31.0 Å². The lowest BCUT2D eigenvalue weighted by Crippen LogP contribution is -2.26. The smallest absolute Gasteiger partial charge is 0.0991 e. The standard InChI is InChI=1S/C13H18N2OS/c1-11(7-8-17(2)16)15-10-13-5-3-12(9-14)4-6-13/h3-6,11,15H,7-8,10H2,1-2H3. The fourth-order valence-corrected chi connectivity index (χ4v) is 2.12. The summed E-state index contributed by atoms with van der Waals surface area (Å²) in [5.41, 5.74) is 1.84. The first kappa shape index (κ1) is 13.9. The lowest BCUT2D eigenvalue weighted by atomic mass is 10.1. The number of rotatable bonds is 6. The summed E-state index contributed by atoms with van der Waals surface area (Å²) < 4.78 is 10.9. The fourth-order valence-electron chi connectivity index (χ4n) is 1.43. The van der Waals surface area contributed by atoms with E-state index in [2.05, 4.69) is 18.3 Å². The van der Waals surface area contributed by atoms with E-state index in [0.29, 0.717) is 11.6 Å². The van der Waals surface area contributed by atoms with Gasteiger partial charge in [0.05, 0.1) is 11.6 Å². The third kappa shape index (κ3) is 5.62. The predicted molar refractivity (Wildman–Crippen MR) is 71.0 cm³/mol. The molecule has 0 aliphatic rings. The van der Waals surface area contributed by atoms with Gasteiger partial charge in [-0.25, -0.2) is 0 Å². The lowest BCUT2D eigenvalue weighted by Gasteiger charge is -2.12. The molecule has 3 nitrogen and oxygen atoms in total. The van der Waals surface area contributed by atoms with E-state index in [0.717, 1.165) is 24.3 Å². The molecule has 1 N–H and O–H groups in total. The van der Waals surface area contributed by atoms with Crippen molar-refractivity contribution < 1.29 is 4.21 Å². The monoisotopic (exact) mass is 250 g/mol. The summed E-state index contributed by atoms with van der Waals surface area (Å²) in [6, 6.07) is 10.0. The molecule has 0 aromatic heterocycles. The maximum absolute atomic E-state index is 10.9. The Bertz CT molecular complexity index is 408. The molecule has 0 radical (unpaired) electrons. The minimum Gasteiger partial charge on any atom is -0.310 e. The van der Waals surface area contributed by atoms with Crippen LogP contribution in [0.3, 0.4) is 0 Å². The van der Waals surface area contributed by atoms with Crippen LogP contribution in [0.4, 0.5) is 0 Å². The van der Waals surface area contributed by atoms with Crippen molar-refractivity contribution in [2.24, 2.45) is 0 Å². The number of nitriles is 1. The molecule has 2 atom stereocenters. The molecule has 4 heteroatoms.